The van der Waals surface area contributed by atoms with Crippen LogP contribution in [0.25, 0.3) is 0 Å². The molecule has 0 saturated carbocycles. The zero-order valence-corrected chi connectivity index (χ0v) is 15.4. The molecule has 0 aromatic heterocycles. The Hall–Kier alpha value is -3.35. The van der Waals surface area contributed by atoms with E-state index in [0.717, 1.165) is 0 Å². The minimum atomic E-state index is -0.492. The number of anilines is 2. The maximum atomic E-state index is 12.1. The Labute approximate surface area is 158 Å². The molecule has 2 aromatic carbocycles. The van der Waals surface area contributed by atoms with Gasteiger partial charge in [-0.1, -0.05) is 30.3 Å². The van der Waals surface area contributed by atoms with Gasteiger partial charge in [0.25, 0.3) is 0 Å². The van der Waals surface area contributed by atoms with Crippen LogP contribution in [-0.2, 0) is 9.53 Å². The first-order valence-electron chi connectivity index (χ1n) is 8.67. The molecule has 0 bridgehead atoms. The number of rotatable bonds is 7. The molecule has 142 valence electrons. The van der Waals surface area contributed by atoms with Crippen molar-refractivity contribution < 1.29 is 19.1 Å². The second-order valence-electron chi connectivity index (χ2n) is 5.66. The number of urea groups is 1. The molecule has 0 unspecified atom stereocenters. The van der Waals surface area contributed by atoms with Crippen LogP contribution in [-0.4, -0.2) is 37.6 Å². The van der Waals surface area contributed by atoms with Gasteiger partial charge in [-0.3, -0.25) is 4.79 Å². The van der Waals surface area contributed by atoms with Crippen LogP contribution in [0.2, 0.25) is 0 Å². The van der Waals surface area contributed by atoms with Gasteiger partial charge in [0.15, 0.2) is 0 Å². The number of benzene rings is 2. The van der Waals surface area contributed by atoms with Gasteiger partial charge in [-0.25, -0.2) is 9.59 Å². The topological polar surface area (TPSA) is 87.7 Å². The zero-order valence-electron chi connectivity index (χ0n) is 15.4. The summed E-state index contributed by atoms with van der Waals surface area (Å²) >= 11 is 0. The van der Waals surface area contributed by atoms with E-state index >= 15 is 0 Å². The minimum Gasteiger partial charge on any atom is -0.462 e. The number of hydrogen-bond acceptors (Lipinski definition) is 4. The van der Waals surface area contributed by atoms with Gasteiger partial charge >= 0.3 is 12.0 Å². The fraction of sp³-hybridized carbons (Fsp3) is 0.250. The van der Waals surface area contributed by atoms with Crippen LogP contribution < -0.4 is 15.5 Å². The van der Waals surface area contributed by atoms with Gasteiger partial charge < -0.3 is 20.3 Å². The molecule has 2 rings (SSSR count). The standard InChI is InChI=1S/C20H23N3O4/c1-3-27-19(25)17-11-7-8-12-18(17)23(15(2)24)14-13-21-20(26)22-16-9-5-4-6-10-16/h4-12H,3,13-14H2,1-2H3,(H2,21,22,26). The van der Waals surface area contributed by atoms with Gasteiger partial charge in [0.2, 0.25) is 5.91 Å². The molecule has 27 heavy (non-hydrogen) atoms. The van der Waals surface area contributed by atoms with Crippen LogP contribution in [0.15, 0.2) is 54.6 Å². The molecule has 7 nitrogen and oxygen atoms in total. The van der Waals surface area contributed by atoms with Crippen LogP contribution in [0, 0.1) is 0 Å². The molecular weight excluding hydrogens is 346 g/mol. The summed E-state index contributed by atoms with van der Waals surface area (Å²) in [6, 6.07) is 15.4. The van der Waals surface area contributed by atoms with Crippen LogP contribution in [0.3, 0.4) is 0 Å². The smallest absolute Gasteiger partial charge is 0.340 e. The lowest BCUT2D eigenvalue weighted by atomic mass is 10.1. The van der Waals surface area contributed by atoms with Crippen molar-refractivity contribution >= 4 is 29.3 Å². The maximum Gasteiger partial charge on any atom is 0.340 e. The van der Waals surface area contributed by atoms with Crippen molar-refractivity contribution in [3.05, 3.63) is 60.2 Å². The van der Waals surface area contributed by atoms with E-state index in [9.17, 15) is 14.4 Å². The highest BCUT2D eigenvalue weighted by Gasteiger charge is 2.19. The molecule has 0 heterocycles. The van der Waals surface area contributed by atoms with E-state index in [1.54, 1.807) is 43.3 Å². The average Bonchev–Trinajstić information content (AvgIpc) is 2.66. The first-order chi connectivity index (χ1) is 13.0. The predicted molar refractivity (Wildman–Crippen MR) is 104 cm³/mol. The molecule has 0 aliphatic heterocycles. The highest BCUT2D eigenvalue weighted by atomic mass is 16.5. The van der Waals surface area contributed by atoms with Crippen molar-refractivity contribution in [1.82, 2.24) is 5.32 Å². The van der Waals surface area contributed by atoms with Gasteiger partial charge in [0.05, 0.1) is 17.9 Å². The third-order valence-corrected chi connectivity index (χ3v) is 3.72. The summed E-state index contributed by atoms with van der Waals surface area (Å²) < 4.78 is 5.05. The fourth-order valence-corrected chi connectivity index (χ4v) is 2.52. The quantitative estimate of drug-likeness (QED) is 0.735. The monoisotopic (exact) mass is 369 g/mol. The Morgan fingerprint density at radius 2 is 1.67 bits per heavy atom. The van der Waals surface area contributed by atoms with Crippen molar-refractivity contribution in [1.29, 1.82) is 0 Å². The molecule has 3 amide bonds. The Kier molecular flexibility index (Phi) is 7.37. The van der Waals surface area contributed by atoms with Gasteiger partial charge in [-0.05, 0) is 31.2 Å². The first-order valence-corrected chi connectivity index (χ1v) is 8.67. The Bertz CT molecular complexity index is 793. The molecule has 0 saturated heterocycles. The number of carbonyl (C=O) groups is 3. The number of carbonyl (C=O) groups excluding carboxylic acids is 3. The van der Waals surface area contributed by atoms with Crippen molar-refractivity contribution in [2.75, 3.05) is 29.9 Å². The van der Waals surface area contributed by atoms with Crippen LogP contribution >= 0.6 is 0 Å². The van der Waals surface area contributed by atoms with Gasteiger partial charge in [-0.2, -0.15) is 0 Å². The molecule has 0 spiro atoms. The lowest BCUT2D eigenvalue weighted by Crippen LogP contribution is -2.39. The van der Waals surface area contributed by atoms with Crippen molar-refractivity contribution in [2.24, 2.45) is 0 Å². The van der Waals surface area contributed by atoms with E-state index in [4.69, 9.17) is 4.74 Å². The molecular formula is C20H23N3O4. The minimum absolute atomic E-state index is 0.216. The number of amides is 3. The van der Waals surface area contributed by atoms with Crippen molar-refractivity contribution in [3.8, 4) is 0 Å². The maximum absolute atomic E-state index is 12.1. The summed E-state index contributed by atoms with van der Waals surface area (Å²) in [5.74, 6) is -0.730. The van der Waals surface area contributed by atoms with E-state index in [1.807, 2.05) is 18.2 Å². The summed E-state index contributed by atoms with van der Waals surface area (Å²) in [7, 11) is 0. The third kappa shape index (κ3) is 5.85. The largest absolute Gasteiger partial charge is 0.462 e. The predicted octanol–water partition coefficient (Wildman–Crippen LogP) is 3.04. The molecule has 2 aromatic rings. The number of esters is 1. The number of ether oxygens (including phenoxy) is 1. The summed E-state index contributed by atoms with van der Waals surface area (Å²) in [4.78, 5) is 37.6. The van der Waals surface area contributed by atoms with E-state index in [1.165, 1.54) is 11.8 Å². The molecule has 0 aliphatic carbocycles. The number of nitrogens with one attached hydrogen (secondary N) is 2. The van der Waals surface area contributed by atoms with Gasteiger partial charge in [-0.15, -0.1) is 0 Å². The van der Waals surface area contributed by atoms with Crippen molar-refractivity contribution in [3.63, 3.8) is 0 Å². The SMILES string of the molecule is CCOC(=O)c1ccccc1N(CCNC(=O)Nc1ccccc1)C(C)=O. The Balaban J connectivity index is 2.01. The average molecular weight is 369 g/mol. The molecule has 7 heteroatoms. The second kappa shape index (κ2) is 9.96. The zero-order chi connectivity index (χ0) is 19.6. The molecule has 0 fully saturated rings. The fourth-order valence-electron chi connectivity index (χ4n) is 2.52. The van der Waals surface area contributed by atoms with Crippen LogP contribution in [0.1, 0.15) is 24.2 Å². The highest BCUT2D eigenvalue weighted by molar-refractivity contribution is 6.02. The van der Waals surface area contributed by atoms with Gasteiger partial charge in [0.1, 0.15) is 0 Å². The normalized spacial score (nSPS) is 10.0. The molecule has 2 N–H and O–H groups in total. The third-order valence-electron chi connectivity index (χ3n) is 3.72. The highest BCUT2D eigenvalue weighted by Crippen LogP contribution is 2.21. The van der Waals surface area contributed by atoms with Crippen LogP contribution in [0.5, 0.6) is 0 Å². The van der Waals surface area contributed by atoms with E-state index < -0.39 is 5.97 Å². The van der Waals surface area contributed by atoms with Crippen molar-refractivity contribution in [2.45, 2.75) is 13.8 Å². The molecule has 0 aliphatic rings. The molecule has 0 atom stereocenters. The summed E-state index contributed by atoms with van der Waals surface area (Å²) in [5.41, 5.74) is 1.43. The first kappa shape index (κ1) is 20.0. The Morgan fingerprint density at radius 3 is 2.33 bits per heavy atom. The summed E-state index contributed by atoms with van der Waals surface area (Å²) in [6.45, 7) is 3.81. The molecule has 0 radical (unpaired) electrons. The lowest BCUT2D eigenvalue weighted by molar-refractivity contribution is -0.116. The number of para-hydroxylation sites is 2. The summed E-state index contributed by atoms with van der Waals surface area (Å²) in [5, 5.41) is 5.40. The summed E-state index contributed by atoms with van der Waals surface area (Å²) in [6.07, 6.45) is 0. The van der Waals surface area contributed by atoms with Gasteiger partial charge in [0, 0.05) is 25.7 Å². The lowest BCUT2D eigenvalue weighted by Gasteiger charge is -2.23. The second-order valence-corrected chi connectivity index (χ2v) is 5.66. The van der Waals surface area contributed by atoms with E-state index in [-0.39, 0.29) is 31.6 Å². The van der Waals surface area contributed by atoms with E-state index in [2.05, 4.69) is 10.6 Å². The number of hydrogen-bond donors (Lipinski definition) is 2. The Morgan fingerprint density at radius 1 is 1.00 bits per heavy atom. The van der Waals surface area contributed by atoms with E-state index in [0.29, 0.717) is 16.9 Å². The number of nitrogens with zero attached hydrogens (tertiary/aromatic N) is 1. The van der Waals surface area contributed by atoms with Crippen LogP contribution in [0.4, 0.5) is 16.2 Å².